The Balaban J connectivity index is 2.11. The predicted molar refractivity (Wildman–Crippen MR) is 76.3 cm³/mol. The molecule has 0 aliphatic carbocycles. The van der Waals surface area contributed by atoms with Crippen LogP contribution in [0, 0.1) is 0 Å². The van der Waals surface area contributed by atoms with Crippen LogP contribution in [-0.4, -0.2) is 12.3 Å². The molecular weight excluding hydrogens is 266 g/mol. The summed E-state index contributed by atoms with van der Waals surface area (Å²) < 4.78 is 0.710. The number of thiophene rings is 1. The molecule has 0 saturated carbocycles. The predicted octanol–water partition coefficient (Wildman–Crippen LogP) is 3.26. The molecule has 2 nitrogen and oxygen atoms in total. The molecule has 0 bridgehead atoms. The van der Waals surface area contributed by atoms with Gasteiger partial charge < -0.3 is 5.73 Å². The van der Waals surface area contributed by atoms with Gasteiger partial charge in [-0.25, -0.2) is 0 Å². The van der Waals surface area contributed by atoms with Crippen molar-refractivity contribution >= 4 is 28.7 Å². The van der Waals surface area contributed by atoms with Gasteiger partial charge in [0.15, 0.2) is 0 Å². The average Bonchev–Trinajstić information content (AvgIpc) is 2.77. The number of carbonyl (C=O) groups is 1. The Kier molecular flexibility index (Phi) is 4.53. The lowest BCUT2D eigenvalue weighted by atomic mass is 9.93. The minimum Gasteiger partial charge on any atom is -0.329 e. The van der Waals surface area contributed by atoms with Crippen LogP contribution >= 0.6 is 22.9 Å². The van der Waals surface area contributed by atoms with Crippen LogP contribution in [0.3, 0.4) is 0 Å². The normalized spacial score (nSPS) is 12.3. The highest BCUT2D eigenvalue weighted by atomic mass is 35.5. The van der Waals surface area contributed by atoms with Gasteiger partial charge in [-0.2, -0.15) is 0 Å². The topological polar surface area (TPSA) is 43.1 Å². The van der Waals surface area contributed by atoms with Crippen LogP contribution < -0.4 is 5.73 Å². The van der Waals surface area contributed by atoms with E-state index in [-0.39, 0.29) is 11.7 Å². The minimum absolute atomic E-state index is 0.141. The third-order valence-corrected chi connectivity index (χ3v) is 4.03. The van der Waals surface area contributed by atoms with Crippen molar-refractivity contribution in [2.24, 2.45) is 5.73 Å². The fraction of sp³-hybridized carbons (Fsp3) is 0.214. The van der Waals surface area contributed by atoms with E-state index in [0.717, 1.165) is 10.4 Å². The first-order valence-corrected chi connectivity index (χ1v) is 6.92. The number of rotatable bonds is 5. The number of halogens is 1. The smallest absolute Gasteiger partial charge is 0.146 e. The van der Waals surface area contributed by atoms with E-state index < -0.39 is 0 Å². The molecule has 0 spiro atoms. The van der Waals surface area contributed by atoms with Gasteiger partial charge in [0.2, 0.25) is 0 Å². The van der Waals surface area contributed by atoms with Crippen molar-refractivity contribution in [3.8, 4) is 0 Å². The highest BCUT2D eigenvalue weighted by Crippen LogP contribution is 2.24. The first kappa shape index (κ1) is 13.3. The molecular formula is C14H14ClNOS. The first-order valence-electron chi connectivity index (χ1n) is 5.72. The van der Waals surface area contributed by atoms with Crippen LogP contribution in [-0.2, 0) is 11.2 Å². The van der Waals surface area contributed by atoms with E-state index >= 15 is 0 Å². The van der Waals surface area contributed by atoms with Crippen molar-refractivity contribution in [2.45, 2.75) is 12.3 Å². The number of carbonyl (C=O) groups excluding carboxylic acids is 1. The van der Waals surface area contributed by atoms with Crippen LogP contribution in [0.25, 0.3) is 0 Å². The van der Waals surface area contributed by atoms with Crippen molar-refractivity contribution in [3.63, 3.8) is 0 Å². The molecule has 1 atom stereocenters. The van der Waals surface area contributed by atoms with Crippen LogP contribution in [0.1, 0.15) is 16.4 Å². The van der Waals surface area contributed by atoms with Gasteiger partial charge in [0.25, 0.3) is 0 Å². The number of Topliss-reactive ketones (excluding diaryl/α,β-unsaturated/α-hetero) is 1. The Labute approximate surface area is 115 Å². The van der Waals surface area contributed by atoms with Crippen LogP contribution in [0.2, 0.25) is 4.34 Å². The maximum atomic E-state index is 12.2. The van der Waals surface area contributed by atoms with E-state index in [1.54, 1.807) is 0 Å². The minimum atomic E-state index is -0.230. The maximum absolute atomic E-state index is 12.2. The fourth-order valence-corrected chi connectivity index (χ4v) is 2.98. The van der Waals surface area contributed by atoms with E-state index in [1.807, 2.05) is 42.5 Å². The summed E-state index contributed by atoms with van der Waals surface area (Å²) in [7, 11) is 0. The summed E-state index contributed by atoms with van der Waals surface area (Å²) in [6.07, 6.45) is 0.397. The molecule has 1 aromatic heterocycles. The lowest BCUT2D eigenvalue weighted by molar-refractivity contribution is -0.119. The Morgan fingerprint density at radius 1 is 1.22 bits per heavy atom. The third kappa shape index (κ3) is 3.19. The summed E-state index contributed by atoms with van der Waals surface area (Å²) in [4.78, 5) is 13.2. The van der Waals surface area contributed by atoms with E-state index in [0.29, 0.717) is 17.3 Å². The first-order chi connectivity index (χ1) is 8.70. The molecule has 1 unspecified atom stereocenters. The zero-order valence-electron chi connectivity index (χ0n) is 9.80. The number of hydrogen-bond acceptors (Lipinski definition) is 3. The summed E-state index contributed by atoms with van der Waals surface area (Å²) in [5, 5.41) is 0. The number of benzene rings is 1. The van der Waals surface area contributed by atoms with Gasteiger partial charge in [0.1, 0.15) is 5.78 Å². The van der Waals surface area contributed by atoms with Gasteiger partial charge >= 0.3 is 0 Å². The Hall–Kier alpha value is -1.16. The molecule has 94 valence electrons. The lowest BCUT2D eigenvalue weighted by Gasteiger charge is -2.13. The molecule has 18 heavy (non-hydrogen) atoms. The lowest BCUT2D eigenvalue weighted by Crippen LogP contribution is -2.22. The van der Waals surface area contributed by atoms with Crippen molar-refractivity contribution < 1.29 is 4.79 Å². The van der Waals surface area contributed by atoms with Crippen molar-refractivity contribution in [2.75, 3.05) is 6.54 Å². The fourth-order valence-electron chi connectivity index (χ4n) is 1.88. The molecule has 4 heteroatoms. The highest BCUT2D eigenvalue weighted by molar-refractivity contribution is 7.16. The van der Waals surface area contributed by atoms with E-state index in [2.05, 4.69) is 0 Å². The standard InChI is InChI=1S/C14H14ClNOS/c15-14-7-6-11(18-14)8-13(17)12(9-16)10-4-2-1-3-5-10/h1-7,12H,8-9,16H2. The van der Waals surface area contributed by atoms with Crippen molar-refractivity contribution in [3.05, 3.63) is 57.2 Å². The van der Waals surface area contributed by atoms with Gasteiger partial charge in [0.05, 0.1) is 10.3 Å². The highest BCUT2D eigenvalue weighted by Gasteiger charge is 2.19. The third-order valence-electron chi connectivity index (χ3n) is 2.80. The molecule has 2 rings (SSSR count). The average molecular weight is 280 g/mol. The van der Waals surface area contributed by atoms with Gasteiger partial charge in [-0.05, 0) is 17.7 Å². The number of nitrogens with two attached hydrogens (primary N) is 1. The second-order valence-corrected chi connectivity index (χ2v) is 5.85. The molecule has 0 radical (unpaired) electrons. The van der Waals surface area contributed by atoms with E-state index in [1.165, 1.54) is 11.3 Å². The molecule has 0 fully saturated rings. The molecule has 2 N–H and O–H groups in total. The van der Waals surface area contributed by atoms with E-state index in [4.69, 9.17) is 17.3 Å². The van der Waals surface area contributed by atoms with Crippen molar-refractivity contribution in [1.29, 1.82) is 0 Å². The Morgan fingerprint density at radius 3 is 2.50 bits per heavy atom. The summed E-state index contributed by atoms with van der Waals surface area (Å²) in [5.74, 6) is -0.0886. The van der Waals surface area contributed by atoms with E-state index in [9.17, 15) is 4.79 Å². The molecule has 0 saturated heterocycles. The molecule has 1 heterocycles. The molecule has 0 aliphatic heterocycles. The molecule has 2 aromatic rings. The second kappa shape index (κ2) is 6.14. The zero-order chi connectivity index (χ0) is 13.0. The van der Waals surface area contributed by atoms with Gasteiger partial charge in [0, 0.05) is 17.8 Å². The largest absolute Gasteiger partial charge is 0.329 e. The van der Waals surface area contributed by atoms with Crippen LogP contribution in [0.15, 0.2) is 42.5 Å². The monoisotopic (exact) mass is 279 g/mol. The molecule has 0 amide bonds. The van der Waals surface area contributed by atoms with Gasteiger partial charge in [-0.3, -0.25) is 4.79 Å². The van der Waals surface area contributed by atoms with Crippen LogP contribution in [0.5, 0.6) is 0 Å². The molecule has 1 aromatic carbocycles. The number of hydrogen-bond donors (Lipinski definition) is 1. The maximum Gasteiger partial charge on any atom is 0.146 e. The summed E-state index contributed by atoms with van der Waals surface area (Å²) in [6.45, 7) is 0.335. The summed E-state index contributed by atoms with van der Waals surface area (Å²) >= 11 is 7.30. The second-order valence-electron chi connectivity index (χ2n) is 4.05. The van der Waals surface area contributed by atoms with Crippen LogP contribution in [0.4, 0.5) is 0 Å². The SMILES string of the molecule is NCC(C(=O)Cc1ccc(Cl)s1)c1ccccc1. The summed E-state index contributed by atoms with van der Waals surface area (Å²) in [5.41, 5.74) is 6.70. The van der Waals surface area contributed by atoms with Gasteiger partial charge in [-0.1, -0.05) is 41.9 Å². The Morgan fingerprint density at radius 2 is 1.94 bits per heavy atom. The Bertz CT molecular complexity index is 524. The number of ketones is 1. The van der Waals surface area contributed by atoms with Gasteiger partial charge in [-0.15, -0.1) is 11.3 Å². The molecule has 0 aliphatic rings. The van der Waals surface area contributed by atoms with Crippen molar-refractivity contribution in [1.82, 2.24) is 0 Å². The summed E-state index contributed by atoms with van der Waals surface area (Å²) in [6, 6.07) is 13.4. The quantitative estimate of drug-likeness (QED) is 0.913. The zero-order valence-corrected chi connectivity index (χ0v) is 11.4.